The zero-order valence-electron chi connectivity index (χ0n) is 10.6. The summed E-state index contributed by atoms with van der Waals surface area (Å²) in [4.78, 5) is 11.7. The molecule has 2 atom stereocenters. The highest BCUT2D eigenvalue weighted by atomic mass is 16.3. The Kier molecular flexibility index (Phi) is 3.98. The van der Waals surface area contributed by atoms with Crippen molar-refractivity contribution in [1.82, 2.24) is 15.1 Å². The van der Waals surface area contributed by atoms with Crippen LogP contribution in [0.4, 0.5) is 0 Å². The van der Waals surface area contributed by atoms with Gasteiger partial charge in [0.25, 0.3) is 0 Å². The van der Waals surface area contributed by atoms with Crippen LogP contribution in [0.15, 0.2) is 6.20 Å². The van der Waals surface area contributed by atoms with E-state index in [1.54, 1.807) is 13.1 Å². The van der Waals surface area contributed by atoms with Crippen LogP contribution in [0.5, 0.6) is 0 Å². The molecule has 0 aliphatic heterocycles. The van der Waals surface area contributed by atoms with E-state index in [0.29, 0.717) is 6.54 Å². The van der Waals surface area contributed by atoms with Crippen molar-refractivity contribution >= 4 is 5.91 Å². The first-order valence-corrected chi connectivity index (χ1v) is 6.35. The van der Waals surface area contributed by atoms with E-state index in [1.807, 2.05) is 4.68 Å². The summed E-state index contributed by atoms with van der Waals surface area (Å²) in [5.41, 5.74) is 7.74. The minimum Gasteiger partial charge on any atom is -0.394 e. The average molecular weight is 252 g/mol. The Morgan fingerprint density at radius 3 is 3.22 bits per heavy atom. The van der Waals surface area contributed by atoms with Crippen LogP contribution >= 0.6 is 0 Å². The zero-order chi connectivity index (χ0) is 13.1. The molecule has 1 amide bonds. The SMILES string of the molecule is C[C@@H](N)C(=O)NC1CCCc2c1cnn2CCO. The second-order valence-electron chi connectivity index (χ2n) is 4.74. The van der Waals surface area contributed by atoms with Crippen molar-refractivity contribution in [3.8, 4) is 0 Å². The number of aliphatic hydroxyl groups is 1. The molecule has 0 saturated heterocycles. The molecule has 1 aliphatic rings. The molecule has 6 heteroatoms. The van der Waals surface area contributed by atoms with E-state index in [4.69, 9.17) is 10.8 Å². The number of amides is 1. The Morgan fingerprint density at radius 2 is 2.56 bits per heavy atom. The van der Waals surface area contributed by atoms with Crippen LogP contribution in [0.1, 0.15) is 37.1 Å². The minimum absolute atomic E-state index is 0.000284. The summed E-state index contributed by atoms with van der Waals surface area (Å²) in [6, 6.07) is -0.498. The van der Waals surface area contributed by atoms with Crippen LogP contribution in [0.3, 0.4) is 0 Å². The molecule has 2 rings (SSSR count). The van der Waals surface area contributed by atoms with Crippen molar-refractivity contribution < 1.29 is 9.90 Å². The molecule has 6 nitrogen and oxygen atoms in total. The number of hydrogen-bond donors (Lipinski definition) is 3. The summed E-state index contributed by atoms with van der Waals surface area (Å²) in [5.74, 6) is -0.136. The van der Waals surface area contributed by atoms with Gasteiger partial charge in [0, 0.05) is 11.3 Å². The molecule has 1 heterocycles. The van der Waals surface area contributed by atoms with Crippen LogP contribution in [0.25, 0.3) is 0 Å². The highest BCUT2D eigenvalue weighted by molar-refractivity contribution is 5.81. The largest absolute Gasteiger partial charge is 0.394 e. The van der Waals surface area contributed by atoms with Crippen molar-refractivity contribution in [2.75, 3.05) is 6.61 Å². The maximum atomic E-state index is 11.7. The number of carbonyl (C=O) groups excluding carboxylic acids is 1. The number of nitrogens with zero attached hydrogens (tertiary/aromatic N) is 2. The Hall–Kier alpha value is -1.40. The van der Waals surface area contributed by atoms with Crippen molar-refractivity contribution in [2.45, 2.75) is 44.8 Å². The van der Waals surface area contributed by atoms with Gasteiger partial charge in [0.15, 0.2) is 0 Å². The number of aromatic nitrogens is 2. The number of nitrogens with one attached hydrogen (secondary N) is 1. The van der Waals surface area contributed by atoms with E-state index in [0.717, 1.165) is 30.5 Å². The molecule has 0 fully saturated rings. The molecular weight excluding hydrogens is 232 g/mol. The van der Waals surface area contributed by atoms with Crippen molar-refractivity contribution in [1.29, 1.82) is 0 Å². The molecule has 1 aromatic rings. The summed E-state index contributed by atoms with van der Waals surface area (Å²) >= 11 is 0. The lowest BCUT2D eigenvalue weighted by atomic mass is 9.92. The molecule has 1 unspecified atom stereocenters. The van der Waals surface area contributed by atoms with E-state index in [2.05, 4.69) is 10.4 Å². The zero-order valence-corrected chi connectivity index (χ0v) is 10.6. The number of nitrogens with two attached hydrogens (primary N) is 1. The van der Waals surface area contributed by atoms with Crippen LogP contribution in [-0.4, -0.2) is 33.4 Å². The molecule has 0 radical (unpaired) electrons. The van der Waals surface area contributed by atoms with Crippen LogP contribution < -0.4 is 11.1 Å². The van der Waals surface area contributed by atoms with Crippen LogP contribution in [0.2, 0.25) is 0 Å². The highest BCUT2D eigenvalue weighted by Gasteiger charge is 2.25. The molecule has 0 aromatic carbocycles. The predicted octanol–water partition coefficient (Wildman–Crippen LogP) is -0.284. The van der Waals surface area contributed by atoms with Crippen molar-refractivity contribution in [3.63, 3.8) is 0 Å². The quantitative estimate of drug-likeness (QED) is 0.687. The molecule has 1 aromatic heterocycles. The summed E-state index contributed by atoms with van der Waals surface area (Å²) < 4.78 is 1.82. The fourth-order valence-electron chi connectivity index (χ4n) is 2.36. The Bertz CT molecular complexity index is 428. The second-order valence-corrected chi connectivity index (χ2v) is 4.74. The summed E-state index contributed by atoms with van der Waals surface area (Å²) in [7, 11) is 0. The van der Waals surface area contributed by atoms with Gasteiger partial charge < -0.3 is 16.2 Å². The van der Waals surface area contributed by atoms with Gasteiger partial charge in [-0.2, -0.15) is 5.10 Å². The van der Waals surface area contributed by atoms with E-state index in [1.165, 1.54) is 0 Å². The predicted molar refractivity (Wildman–Crippen MR) is 66.8 cm³/mol. The molecule has 100 valence electrons. The normalized spacial score (nSPS) is 20.3. The number of fused-ring (bicyclic) bond motifs is 1. The van der Waals surface area contributed by atoms with Crippen LogP contribution in [-0.2, 0) is 17.8 Å². The topological polar surface area (TPSA) is 93.2 Å². The standard InChI is InChI=1S/C12H20N4O2/c1-8(13)12(18)15-10-3-2-4-11-9(10)7-14-16(11)5-6-17/h7-8,10,17H,2-6,13H2,1H3,(H,15,18)/t8-,10?/m1/s1. The fraction of sp³-hybridized carbons (Fsp3) is 0.667. The third-order valence-electron chi connectivity index (χ3n) is 3.30. The summed E-state index contributed by atoms with van der Waals surface area (Å²) in [6.45, 7) is 2.25. The minimum atomic E-state index is -0.497. The smallest absolute Gasteiger partial charge is 0.237 e. The average Bonchev–Trinajstić information content (AvgIpc) is 2.74. The van der Waals surface area contributed by atoms with E-state index >= 15 is 0 Å². The number of carbonyl (C=O) groups is 1. The first kappa shape index (κ1) is 13.0. The van der Waals surface area contributed by atoms with Gasteiger partial charge in [0.1, 0.15) is 0 Å². The van der Waals surface area contributed by atoms with E-state index in [9.17, 15) is 4.79 Å². The lowest BCUT2D eigenvalue weighted by Gasteiger charge is -2.24. The first-order chi connectivity index (χ1) is 8.63. The molecule has 0 saturated carbocycles. The van der Waals surface area contributed by atoms with Gasteiger partial charge in [0.05, 0.1) is 31.4 Å². The van der Waals surface area contributed by atoms with Gasteiger partial charge in [-0.1, -0.05) is 0 Å². The lowest BCUT2D eigenvalue weighted by molar-refractivity contribution is -0.122. The van der Waals surface area contributed by atoms with Gasteiger partial charge in [-0.3, -0.25) is 9.48 Å². The molecular formula is C12H20N4O2. The summed E-state index contributed by atoms with van der Waals surface area (Å²) in [6.07, 6.45) is 4.65. The molecule has 18 heavy (non-hydrogen) atoms. The van der Waals surface area contributed by atoms with Crippen LogP contribution in [0, 0.1) is 0 Å². The molecule has 4 N–H and O–H groups in total. The van der Waals surface area contributed by atoms with Gasteiger partial charge >= 0.3 is 0 Å². The monoisotopic (exact) mass is 252 g/mol. The van der Waals surface area contributed by atoms with Crippen molar-refractivity contribution in [3.05, 3.63) is 17.5 Å². The van der Waals surface area contributed by atoms with E-state index < -0.39 is 6.04 Å². The fourth-order valence-corrected chi connectivity index (χ4v) is 2.36. The van der Waals surface area contributed by atoms with Crippen molar-refractivity contribution in [2.24, 2.45) is 5.73 Å². The maximum absolute atomic E-state index is 11.7. The van der Waals surface area contributed by atoms with Gasteiger partial charge in [-0.25, -0.2) is 0 Å². The highest BCUT2D eigenvalue weighted by Crippen LogP contribution is 2.29. The third-order valence-corrected chi connectivity index (χ3v) is 3.30. The van der Waals surface area contributed by atoms with Gasteiger partial charge in [-0.15, -0.1) is 0 Å². The van der Waals surface area contributed by atoms with Gasteiger partial charge in [-0.05, 0) is 26.2 Å². The second kappa shape index (κ2) is 5.49. The van der Waals surface area contributed by atoms with Gasteiger partial charge in [0.2, 0.25) is 5.91 Å². The molecule has 0 spiro atoms. The first-order valence-electron chi connectivity index (χ1n) is 6.35. The molecule has 1 aliphatic carbocycles. The Morgan fingerprint density at radius 1 is 1.78 bits per heavy atom. The number of rotatable bonds is 4. The van der Waals surface area contributed by atoms with E-state index in [-0.39, 0.29) is 18.6 Å². The summed E-state index contributed by atoms with van der Waals surface area (Å²) in [5, 5.41) is 16.2. The Labute approximate surface area is 106 Å². The third kappa shape index (κ3) is 2.54. The lowest BCUT2D eigenvalue weighted by Crippen LogP contribution is -2.41. The Balaban J connectivity index is 2.15. The number of hydrogen-bond acceptors (Lipinski definition) is 4. The number of aliphatic hydroxyl groups excluding tert-OH is 1. The molecule has 0 bridgehead atoms. The maximum Gasteiger partial charge on any atom is 0.237 e.